The normalized spacial score (nSPS) is 9.83. The summed E-state index contributed by atoms with van der Waals surface area (Å²) in [5, 5.41) is 12.0. The van der Waals surface area contributed by atoms with E-state index in [4.69, 9.17) is 5.11 Å². The van der Waals surface area contributed by atoms with Crippen LogP contribution in [0.25, 0.3) is 0 Å². The SMILES string of the molecule is CCCNc1ccnc(CO)c1. The van der Waals surface area contributed by atoms with Crippen LogP contribution in [0.5, 0.6) is 0 Å². The Labute approximate surface area is 72.5 Å². The molecular weight excluding hydrogens is 152 g/mol. The summed E-state index contributed by atoms with van der Waals surface area (Å²) in [6.45, 7) is 3.07. The Bertz CT molecular complexity index is 238. The van der Waals surface area contributed by atoms with Crippen LogP contribution in [0.1, 0.15) is 19.0 Å². The zero-order valence-corrected chi connectivity index (χ0v) is 7.25. The topological polar surface area (TPSA) is 45.2 Å². The van der Waals surface area contributed by atoms with Gasteiger partial charge in [0.2, 0.25) is 0 Å². The second-order valence-corrected chi connectivity index (χ2v) is 2.62. The first-order chi connectivity index (χ1) is 5.86. The van der Waals surface area contributed by atoms with Crippen LogP contribution in [0, 0.1) is 0 Å². The summed E-state index contributed by atoms with van der Waals surface area (Å²) in [6, 6.07) is 3.75. The molecule has 1 rings (SSSR count). The summed E-state index contributed by atoms with van der Waals surface area (Å²) in [6.07, 6.45) is 2.79. The first-order valence-electron chi connectivity index (χ1n) is 4.16. The monoisotopic (exact) mass is 166 g/mol. The van der Waals surface area contributed by atoms with Gasteiger partial charge in [0.1, 0.15) is 0 Å². The molecule has 0 amide bonds. The quantitative estimate of drug-likeness (QED) is 0.710. The lowest BCUT2D eigenvalue weighted by molar-refractivity contribution is 0.277. The van der Waals surface area contributed by atoms with E-state index >= 15 is 0 Å². The fourth-order valence-corrected chi connectivity index (χ4v) is 0.944. The van der Waals surface area contributed by atoms with Crippen molar-refractivity contribution in [3.8, 4) is 0 Å². The maximum atomic E-state index is 8.80. The summed E-state index contributed by atoms with van der Waals surface area (Å²) >= 11 is 0. The van der Waals surface area contributed by atoms with Crippen LogP contribution in [0.15, 0.2) is 18.3 Å². The van der Waals surface area contributed by atoms with Gasteiger partial charge in [-0.25, -0.2) is 0 Å². The fraction of sp³-hybridized carbons (Fsp3) is 0.444. The molecule has 1 aromatic heterocycles. The van der Waals surface area contributed by atoms with Crippen LogP contribution in [0.3, 0.4) is 0 Å². The number of nitrogens with zero attached hydrogens (tertiary/aromatic N) is 1. The molecule has 0 spiro atoms. The van der Waals surface area contributed by atoms with E-state index in [9.17, 15) is 0 Å². The van der Waals surface area contributed by atoms with Crippen LogP contribution in [-0.4, -0.2) is 16.6 Å². The molecule has 0 aromatic carbocycles. The van der Waals surface area contributed by atoms with Crippen molar-refractivity contribution in [1.82, 2.24) is 4.98 Å². The highest BCUT2D eigenvalue weighted by atomic mass is 16.3. The smallest absolute Gasteiger partial charge is 0.0853 e. The van der Waals surface area contributed by atoms with E-state index in [0.717, 1.165) is 18.7 Å². The highest BCUT2D eigenvalue weighted by molar-refractivity contribution is 5.42. The van der Waals surface area contributed by atoms with Crippen molar-refractivity contribution >= 4 is 5.69 Å². The van der Waals surface area contributed by atoms with E-state index in [1.54, 1.807) is 6.20 Å². The van der Waals surface area contributed by atoms with Gasteiger partial charge in [0.15, 0.2) is 0 Å². The molecule has 0 aliphatic heterocycles. The first-order valence-corrected chi connectivity index (χ1v) is 4.16. The lowest BCUT2D eigenvalue weighted by Crippen LogP contribution is -2.00. The van der Waals surface area contributed by atoms with Crippen molar-refractivity contribution in [2.75, 3.05) is 11.9 Å². The summed E-state index contributed by atoms with van der Waals surface area (Å²) in [7, 11) is 0. The van der Waals surface area contributed by atoms with E-state index in [0.29, 0.717) is 5.69 Å². The molecule has 1 heterocycles. The molecule has 0 radical (unpaired) electrons. The largest absolute Gasteiger partial charge is 0.390 e. The van der Waals surface area contributed by atoms with Gasteiger partial charge >= 0.3 is 0 Å². The maximum Gasteiger partial charge on any atom is 0.0853 e. The Hall–Kier alpha value is -1.09. The number of aromatic nitrogens is 1. The molecule has 0 unspecified atom stereocenters. The number of hydrogen-bond donors (Lipinski definition) is 2. The minimum atomic E-state index is 0.00163. The van der Waals surface area contributed by atoms with Crippen LogP contribution < -0.4 is 5.32 Å². The molecule has 0 bridgehead atoms. The number of nitrogens with one attached hydrogen (secondary N) is 1. The van der Waals surface area contributed by atoms with Crippen molar-refractivity contribution in [3.63, 3.8) is 0 Å². The molecule has 12 heavy (non-hydrogen) atoms. The van der Waals surface area contributed by atoms with E-state index < -0.39 is 0 Å². The minimum Gasteiger partial charge on any atom is -0.390 e. The maximum absolute atomic E-state index is 8.80. The molecule has 0 fully saturated rings. The van der Waals surface area contributed by atoms with Gasteiger partial charge in [0.05, 0.1) is 12.3 Å². The average molecular weight is 166 g/mol. The number of rotatable bonds is 4. The predicted molar refractivity (Wildman–Crippen MR) is 48.9 cm³/mol. The molecule has 2 N–H and O–H groups in total. The Kier molecular flexibility index (Phi) is 3.54. The number of aliphatic hydroxyl groups excluding tert-OH is 1. The lowest BCUT2D eigenvalue weighted by Gasteiger charge is -2.04. The summed E-state index contributed by atoms with van der Waals surface area (Å²) in [5.41, 5.74) is 1.73. The standard InChI is InChI=1S/C9H14N2O/c1-2-4-10-8-3-5-11-9(6-8)7-12/h3,5-6,12H,2,4,7H2,1H3,(H,10,11). The highest BCUT2D eigenvalue weighted by Crippen LogP contribution is 2.07. The molecule has 0 aliphatic carbocycles. The Morgan fingerprint density at radius 2 is 2.42 bits per heavy atom. The van der Waals surface area contributed by atoms with Crippen LogP contribution in [-0.2, 0) is 6.61 Å². The molecule has 66 valence electrons. The van der Waals surface area contributed by atoms with Crippen LogP contribution >= 0.6 is 0 Å². The van der Waals surface area contributed by atoms with Gasteiger partial charge in [-0.05, 0) is 18.6 Å². The van der Waals surface area contributed by atoms with Gasteiger partial charge in [0.25, 0.3) is 0 Å². The second kappa shape index (κ2) is 4.72. The summed E-state index contributed by atoms with van der Waals surface area (Å²) in [4.78, 5) is 3.98. The molecule has 0 atom stereocenters. The highest BCUT2D eigenvalue weighted by Gasteiger charge is 1.93. The number of pyridine rings is 1. The zero-order chi connectivity index (χ0) is 8.81. The lowest BCUT2D eigenvalue weighted by atomic mass is 10.3. The van der Waals surface area contributed by atoms with Gasteiger partial charge in [0, 0.05) is 18.4 Å². The number of aliphatic hydroxyl groups is 1. The first kappa shape index (κ1) is 9.00. The third kappa shape index (κ3) is 2.51. The van der Waals surface area contributed by atoms with E-state index in [-0.39, 0.29) is 6.61 Å². The molecule has 0 saturated carbocycles. The number of anilines is 1. The van der Waals surface area contributed by atoms with Crippen molar-refractivity contribution in [3.05, 3.63) is 24.0 Å². The molecule has 0 saturated heterocycles. The van der Waals surface area contributed by atoms with Gasteiger partial charge in [-0.3, -0.25) is 4.98 Å². The molecular formula is C9H14N2O. The van der Waals surface area contributed by atoms with E-state index in [2.05, 4.69) is 17.2 Å². The van der Waals surface area contributed by atoms with Crippen molar-refractivity contribution < 1.29 is 5.11 Å². The van der Waals surface area contributed by atoms with Crippen LogP contribution in [0.4, 0.5) is 5.69 Å². The van der Waals surface area contributed by atoms with E-state index in [1.165, 1.54) is 0 Å². The zero-order valence-electron chi connectivity index (χ0n) is 7.25. The van der Waals surface area contributed by atoms with Crippen LogP contribution in [0.2, 0.25) is 0 Å². The molecule has 3 heteroatoms. The van der Waals surface area contributed by atoms with Gasteiger partial charge < -0.3 is 10.4 Å². The summed E-state index contributed by atoms with van der Waals surface area (Å²) in [5.74, 6) is 0. The summed E-state index contributed by atoms with van der Waals surface area (Å²) < 4.78 is 0. The van der Waals surface area contributed by atoms with Crippen molar-refractivity contribution in [2.45, 2.75) is 20.0 Å². The molecule has 0 aliphatic rings. The van der Waals surface area contributed by atoms with Gasteiger partial charge in [-0.2, -0.15) is 0 Å². The van der Waals surface area contributed by atoms with E-state index in [1.807, 2.05) is 12.1 Å². The van der Waals surface area contributed by atoms with Gasteiger partial charge in [-0.15, -0.1) is 0 Å². The van der Waals surface area contributed by atoms with Crippen molar-refractivity contribution in [2.24, 2.45) is 0 Å². The Balaban J connectivity index is 2.60. The third-order valence-electron chi connectivity index (χ3n) is 1.56. The third-order valence-corrected chi connectivity index (χ3v) is 1.56. The van der Waals surface area contributed by atoms with Gasteiger partial charge in [-0.1, -0.05) is 6.92 Å². The minimum absolute atomic E-state index is 0.00163. The predicted octanol–water partition coefficient (Wildman–Crippen LogP) is 1.40. The number of hydrogen-bond acceptors (Lipinski definition) is 3. The Morgan fingerprint density at radius 1 is 1.58 bits per heavy atom. The van der Waals surface area contributed by atoms with Crippen molar-refractivity contribution in [1.29, 1.82) is 0 Å². The molecule has 1 aromatic rings. The average Bonchev–Trinajstić information content (AvgIpc) is 2.15. The molecule has 3 nitrogen and oxygen atoms in total. The second-order valence-electron chi connectivity index (χ2n) is 2.62. The Morgan fingerprint density at radius 3 is 3.08 bits per heavy atom. The fourth-order valence-electron chi connectivity index (χ4n) is 0.944.